The van der Waals surface area contributed by atoms with Gasteiger partial charge in [-0.3, -0.25) is 28.9 Å². The van der Waals surface area contributed by atoms with Gasteiger partial charge in [-0.1, -0.05) is 54.6 Å². The molecule has 3 saturated heterocycles. The van der Waals surface area contributed by atoms with Gasteiger partial charge in [0.2, 0.25) is 15.4 Å². The number of rotatable bonds is 18. The summed E-state index contributed by atoms with van der Waals surface area (Å²) in [7, 11) is -11.5. The quantitative estimate of drug-likeness (QED) is 0.0465. The second-order valence-electron chi connectivity index (χ2n) is 29.7. The van der Waals surface area contributed by atoms with Crippen molar-refractivity contribution in [3.05, 3.63) is 197 Å². The number of halogens is 3. The molecule has 15 rings (SSSR count). The van der Waals surface area contributed by atoms with Crippen molar-refractivity contribution in [2.24, 2.45) is 17.8 Å². The molecule has 0 radical (unpaired) electrons. The van der Waals surface area contributed by atoms with Gasteiger partial charge in [0.1, 0.15) is 53.7 Å². The van der Waals surface area contributed by atoms with Crippen LogP contribution < -0.4 is 28.4 Å². The van der Waals surface area contributed by atoms with Crippen LogP contribution in [0.15, 0.2) is 161 Å². The predicted molar refractivity (Wildman–Crippen MR) is 405 cm³/mol. The van der Waals surface area contributed by atoms with Crippen LogP contribution in [0.3, 0.4) is 0 Å². The number of aromatic nitrogens is 6. The van der Waals surface area contributed by atoms with E-state index in [9.17, 15) is 53.7 Å². The summed E-state index contributed by atoms with van der Waals surface area (Å²) in [6, 6.07) is 34.5. The highest BCUT2D eigenvalue weighted by Gasteiger charge is 2.45. The Labute approximate surface area is 639 Å². The average molecular weight is 1600 g/mol. The highest BCUT2D eigenvalue weighted by Crippen LogP contribution is 2.51. The molecule has 9 heterocycles. The summed E-state index contributed by atoms with van der Waals surface area (Å²) in [5, 5.41) is 32.8. The zero-order valence-corrected chi connectivity index (χ0v) is 65.2. The van der Waals surface area contributed by atoms with Crippen LogP contribution in [0, 0.1) is 35.2 Å². The van der Waals surface area contributed by atoms with Gasteiger partial charge in [-0.25, -0.2) is 53.4 Å². The number of sulfonamides is 3. The van der Waals surface area contributed by atoms with Crippen molar-refractivity contribution in [1.82, 2.24) is 42.8 Å². The van der Waals surface area contributed by atoms with Crippen LogP contribution in [-0.4, -0.2) is 140 Å². The largest absolute Gasteiger partial charge is 0.493 e. The van der Waals surface area contributed by atoms with Crippen molar-refractivity contribution in [3.63, 3.8) is 0 Å². The number of hydrogen-bond donors (Lipinski definition) is 6. The molecule has 576 valence electrons. The Morgan fingerprint density at radius 3 is 0.880 bits per heavy atom. The van der Waals surface area contributed by atoms with E-state index in [4.69, 9.17) is 14.2 Å². The van der Waals surface area contributed by atoms with Gasteiger partial charge in [0.15, 0.2) is 0 Å². The van der Waals surface area contributed by atoms with Crippen molar-refractivity contribution < 1.29 is 68.0 Å². The van der Waals surface area contributed by atoms with Crippen LogP contribution in [0.2, 0.25) is 0 Å². The second-order valence-corrected chi connectivity index (χ2v) is 37.0. The molecule has 0 saturated carbocycles. The molecular formula is C75H87F3N12O12S6. The molecule has 108 heavy (non-hydrogen) atoms. The average Bonchev–Trinajstić information content (AvgIpc) is 0.945. The molecule has 6 aliphatic heterocycles. The third-order valence-corrected chi connectivity index (χ3v) is 27.7. The summed E-state index contributed by atoms with van der Waals surface area (Å²) < 4.78 is 155. The van der Waals surface area contributed by atoms with Gasteiger partial charge in [0, 0.05) is 125 Å². The predicted octanol–water partition coefficient (Wildman–Crippen LogP) is 13.6. The Morgan fingerprint density at radius 2 is 0.648 bits per heavy atom. The van der Waals surface area contributed by atoms with Gasteiger partial charge in [-0.2, -0.15) is 13.1 Å². The van der Waals surface area contributed by atoms with Crippen molar-refractivity contribution >= 4 is 80.1 Å². The lowest BCUT2D eigenvalue weighted by atomic mass is 9.77. The molecule has 24 nitrogen and oxygen atoms in total. The molecule has 33 heteroatoms. The highest BCUT2D eigenvalue weighted by atomic mass is 32.2. The van der Waals surface area contributed by atoms with Crippen LogP contribution in [0.4, 0.5) is 28.6 Å². The molecule has 0 bridgehead atoms. The third-order valence-electron chi connectivity index (χ3n) is 21.6. The Kier molecular flexibility index (Phi) is 23.4. The van der Waals surface area contributed by atoms with E-state index in [1.807, 2.05) is 96.1 Å². The molecule has 6 aliphatic rings. The lowest BCUT2D eigenvalue weighted by Gasteiger charge is -2.48. The summed E-state index contributed by atoms with van der Waals surface area (Å²) in [5.74, 6) is 1.05. The second kappa shape index (κ2) is 32.3. The Morgan fingerprint density at radius 1 is 0.389 bits per heavy atom. The maximum Gasteiger partial charge on any atom is 0.263 e. The molecule has 9 aromatic rings. The minimum atomic E-state index is -3.84. The molecule has 3 aromatic heterocycles. The molecule has 6 aromatic carbocycles. The number of benzene rings is 6. The molecule has 6 N–H and O–H groups in total. The van der Waals surface area contributed by atoms with Crippen molar-refractivity contribution in [2.75, 3.05) is 53.6 Å². The number of nitrogens with one attached hydrogen (secondary N) is 3. The fraction of sp³-hybridized carbons (Fsp3) is 0.440. The first-order chi connectivity index (χ1) is 51.3. The van der Waals surface area contributed by atoms with Crippen molar-refractivity contribution in [2.45, 2.75) is 167 Å². The summed E-state index contributed by atoms with van der Waals surface area (Å²) in [5.41, 5.74) is 3.31. The maximum absolute atomic E-state index is 13.7. The van der Waals surface area contributed by atoms with E-state index in [1.165, 1.54) is 55.4 Å². The number of hydrogen-bond acceptors (Lipinski definition) is 24. The number of fused-ring (bicyclic) bond motifs is 3. The van der Waals surface area contributed by atoms with Crippen LogP contribution in [0.5, 0.6) is 17.2 Å². The van der Waals surface area contributed by atoms with E-state index < -0.39 is 46.9 Å². The van der Waals surface area contributed by atoms with Crippen LogP contribution in [0.1, 0.15) is 169 Å². The molecule has 0 amide bonds. The van der Waals surface area contributed by atoms with Crippen LogP contribution in [0.25, 0.3) is 0 Å². The number of ether oxygens (including phenoxy) is 3. The topological polar surface area (TPSA) is 314 Å². The SMILES string of the molecule is CC(C)(O)[C@@H]1CCN([C@@H]2CCOc3cc(S(=O)(=O)Nc4ncns4)ccc32)[C@H](c2ccc(F)cc2)C1.CC(C)(O)[C@H]1CCN([C@@H]2CCOc3cc(S(=O)(=O)Nc4ncns4)ccc32)[C@@H](c2ccc(F)cc2)C1.CC(C)(O)[C@H]1CCN([C@H]2CCOc3cc(S(=O)(=O)Nc4ncns4)ccc32)[C@@H](c2ccc(F)cc2)C1. The molecule has 9 atom stereocenters. The van der Waals surface area contributed by atoms with Crippen molar-refractivity contribution in [3.8, 4) is 17.2 Å². The van der Waals surface area contributed by atoms with Gasteiger partial charge < -0.3 is 29.5 Å². The zero-order valence-electron chi connectivity index (χ0n) is 60.3. The smallest absolute Gasteiger partial charge is 0.263 e. The lowest BCUT2D eigenvalue weighted by Crippen LogP contribution is -2.45. The monoisotopic (exact) mass is 1600 g/mol. The molecule has 0 spiro atoms. The summed E-state index contributed by atoms with van der Waals surface area (Å²) in [6.45, 7) is 14.7. The minimum absolute atomic E-state index is 0.000524. The van der Waals surface area contributed by atoms with E-state index in [0.29, 0.717) is 37.1 Å². The third kappa shape index (κ3) is 18.1. The number of aliphatic hydroxyl groups is 3. The molecule has 3 fully saturated rings. The minimum Gasteiger partial charge on any atom is -0.493 e. The van der Waals surface area contributed by atoms with Crippen LogP contribution in [-0.2, 0) is 30.1 Å². The van der Waals surface area contributed by atoms with E-state index in [1.54, 1.807) is 36.4 Å². The fourth-order valence-corrected chi connectivity index (χ4v) is 20.8. The number of anilines is 3. The van der Waals surface area contributed by atoms with Crippen molar-refractivity contribution in [1.29, 1.82) is 0 Å². The number of piperidine rings is 3. The molecule has 0 unspecified atom stereocenters. The summed E-state index contributed by atoms with van der Waals surface area (Å²) in [6.07, 6.45) is 10.8. The molecular weight excluding hydrogens is 1510 g/mol. The van der Waals surface area contributed by atoms with E-state index in [-0.39, 0.29) is 102 Å². The zero-order chi connectivity index (χ0) is 76.5. The standard InChI is InChI=1S/3C25H29FN4O4S2/c3*1-25(2,31)17-9-11-30(22(13-17)16-3-5-18(26)6-4-16)21-10-12-34-23-14-19(7-8-20(21)23)36(32,33)29-24-27-15-28-35-24/h3*3-8,14-15,17,21-22,31H,9-13H2,1-2H3,(H,27,28,29)/t17-,21+,22+;2*17-,21-,22+/m010/s1. The Balaban J connectivity index is 0.000000143. The van der Waals surface area contributed by atoms with E-state index >= 15 is 0 Å². The van der Waals surface area contributed by atoms with Gasteiger partial charge in [0.25, 0.3) is 30.1 Å². The highest BCUT2D eigenvalue weighted by molar-refractivity contribution is 7.93. The number of nitrogens with zero attached hydrogens (tertiary/aromatic N) is 9. The van der Waals surface area contributed by atoms with E-state index in [0.717, 1.165) is 145 Å². The first-order valence-corrected chi connectivity index (χ1v) is 42.5. The first kappa shape index (κ1) is 78.3. The van der Waals surface area contributed by atoms with Gasteiger partial charge in [-0.15, -0.1) is 0 Å². The normalized spacial score (nSPS) is 23.1. The lowest BCUT2D eigenvalue weighted by molar-refractivity contribution is -0.0443. The summed E-state index contributed by atoms with van der Waals surface area (Å²) >= 11 is 2.89. The molecule has 0 aliphatic carbocycles. The Bertz CT molecular complexity index is 4420. The number of likely N-dealkylation sites (tertiary alicyclic amines) is 3. The van der Waals surface area contributed by atoms with Gasteiger partial charge >= 0.3 is 0 Å². The maximum atomic E-state index is 13.7. The Hall–Kier alpha value is -7.80. The fourth-order valence-electron chi connectivity index (χ4n) is 15.8. The summed E-state index contributed by atoms with van der Waals surface area (Å²) in [4.78, 5) is 19.1. The van der Waals surface area contributed by atoms with Gasteiger partial charge in [0.05, 0.1) is 51.3 Å². The van der Waals surface area contributed by atoms with E-state index in [2.05, 4.69) is 56.9 Å². The van der Waals surface area contributed by atoms with Gasteiger partial charge in [-0.05, 0) is 189 Å². The first-order valence-electron chi connectivity index (χ1n) is 35.7. The van der Waals surface area contributed by atoms with Crippen LogP contribution >= 0.6 is 34.6 Å².